The first-order valence-corrected chi connectivity index (χ1v) is 8.43. The number of aromatic hydroxyl groups is 1. The largest absolute Gasteiger partial charge is 0.507 e. The van der Waals surface area contributed by atoms with Gasteiger partial charge in [0.1, 0.15) is 18.0 Å². The second-order valence-corrected chi connectivity index (χ2v) is 6.12. The smallest absolute Gasteiger partial charge is 0.449 e. The highest BCUT2D eigenvalue weighted by Crippen LogP contribution is 2.31. The van der Waals surface area contributed by atoms with E-state index in [-0.39, 0.29) is 22.5 Å². The minimum atomic E-state index is -4.71. The number of halogens is 3. The molecule has 0 spiro atoms. The molecule has 1 amide bonds. The van der Waals surface area contributed by atoms with Crippen molar-refractivity contribution in [3.05, 3.63) is 53.9 Å². The summed E-state index contributed by atoms with van der Waals surface area (Å²) >= 11 is 0. The fraction of sp³-hybridized carbons (Fsp3) is 0.211. The lowest BCUT2D eigenvalue weighted by Gasteiger charge is -2.11. The van der Waals surface area contributed by atoms with E-state index in [1.165, 1.54) is 32.2 Å². The molecule has 0 aliphatic rings. The zero-order valence-electron chi connectivity index (χ0n) is 15.5. The number of imidazole rings is 1. The molecule has 29 heavy (non-hydrogen) atoms. The molecule has 0 unspecified atom stereocenters. The van der Waals surface area contributed by atoms with Gasteiger partial charge >= 0.3 is 6.18 Å². The summed E-state index contributed by atoms with van der Waals surface area (Å²) in [5, 5.41) is 13.9. The molecule has 2 N–H and O–H groups in total. The van der Waals surface area contributed by atoms with Crippen LogP contribution in [0.4, 0.5) is 13.2 Å². The number of amides is 1. The highest BCUT2D eigenvalue weighted by atomic mass is 19.4. The molecule has 0 aliphatic heterocycles. The molecule has 10 heteroatoms. The summed E-state index contributed by atoms with van der Waals surface area (Å²) in [4.78, 5) is 15.8. The standard InChI is InChI=1S/C19H17F3N4O3/c1-11(13-8-7-12(29-2)9-16(13)27)24-25-17(28)10-26-15-6-4-3-5-14(15)23-18(26)19(20,21)22/h3-9,27H,10H2,1-2H3,(H,25,28)/b24-11+. The Kier molecular flexibility index (Phi) is 5.44. The number of aromatic nitrogens is 2. The van der Waals surface area contributed by atoms with Gasteiger partial charge in [0.25, 0.3) is 5.91 Å². The van der Waals surface area contributed by atoms with Crippen molar-refractivity contribution in [3.63, 3.8) is 0 Å². The number of para-hydroxylation sites is 2. The molecule has 0 saturated carbocycles. The van der Waals surface area contributed by atoms with Crippen LogP contribution in [0.15, 0.2) is 47.6 Å². The normalized spacial score (nSPS) is 12.2. The average molecular weight is 406 g/mol. The monoisotopic (exact) mass is 406 g/mol. The number of carbonyl (C=O) groups is 1. The number of fused-ring (bicyclic) bond motifs is 1. The van der Waals surface area contributed by atoms with E-state index in [0.29, 0.717) is 11.3 Å². The van der Waals surface area contributed by atoms with Crippen molar-refractivity contribution in [2.24, 2.45) is 5.10 Å². The number of hydrazone groups is 1. The SMILES string of the molecule is COc1ccc(/C(C)=N/NC(=O)Cn2c(C(F)(F)F)nc3ccccc32)c(O)c1. The number of hydrogen-bond donors (Lipinski definition) is 2. The molecule has 3 rings (SSSR count). The summed E-state index contributed by atoms with van der Waals surface area (Å²) in [6, 6.07) is 10.5. The Labute approximate surface area is 163 Å². The molecule has 0 radical (unpaired) electrons. The minimum absolute atomic E-state index is 0.111. The highest BCUT2D eigenvalue weighted by Gasteiger charge is 2.38. The summed E-state index contributed by atoms with van der Waals surface area (Å²) in [5.41, 5.74) is 3.14. The molecule has 0 aliphatic carbocycles. The number of alkyl halides is 3. The molecule has 1 heterocycles. The summed E-state index contributed by atoms with van der Waals surface area (Å²) in [6.07, 6.45) is -4.71. The van der Waals surface area contributed by atoms with Gasteiger partial charge in [-0.1, -0.05) is 12.1 Å². The van der Waals surface area contributed by atoms with Crippen molar-refractivity contribution < 1.29 is 27.8 Å². The zero-order valence-corrected chi connectivity index (χ0v) is 15.5. The molecule has 0 saturated heterocycles. The van der Waals surface area contributed by atoms with Gasteiger partial charge in [0.05, 0.1) is 23.9 Å². The second-order valence-electron chi connectivity index (χ2n) is 6.12. The Morgan fingerprint density at radius 2 is 2.00 bits per heavy atom. The summed E-state index contributed by atoms with van der Waals surface area (Å²) in [5.74, 6) is -1.61. The van der Waals surface area contributed by atoms with E-state index >= 15 is 0 Å². The maximum Gasteiger partial charge on any atom is 0.449 e. The fourth-order valence-electron chi connectivity index (χ4n) is 2.78. The maximum absolute atomic E-state index is 13.3. The third kappa shape index (κ3) is 4.31. The van der Waals surface area contributed by atoms with Gasteiger partial charge in [-0.25, -0.2) is 10.4 Å². The van der Waals surface area contributed by atoms with E-state index in [9.17, 15) is 23.1 Å². The van der Waals surface area contributed by atoms with Crippen LogP contribution in [0.5, 0.6) is 11.5 Å². The number of hydrogen-bond acceptors (Lipinski definition) is 5. The van der Waals surface area contributed by atoms with Crippen LogP contribution in [-0.2, 0) is 17.5 Å². The number of phenolic OH excluding ortho intramolecular Hbond substituents is 1. The van der Waals surface area contributed by atoms with E-state index in [1.807, 2.05) is 0 Å². The number of carbonyl (C=O) groups excluding carboxylic acids is 1. The number of benzene rings is 2. The van der Waals surface area contributed by atoms with E-state index < -0.39 is 24.5 Å². The summed E-state index contributed by atoms with van der Waals surface area (Å²) in [6.45, 7) is 0.913. The van der Waals surface area contributed by atoms with Crippen LogP contribution in [0, 0.1) is 0 Å². The molecular formula is C19H17F3N4O3. The third-order valence-corrected chi connectivity index (χ3v) is 4.15. The quantitative estimate of drug-likeness (QED) is 0.503. The van der Waals surface area contributed by atoms with Gasteiger partial charge in [-0.3, -0.25) is 4.79 Å². The molecular weight excluding hydrogens is 389 g/mol. The maximum atomic E-state index is 13.3. The summed E-state index contributed by atoms with van der Waals surface area (Å²) in [7, 11) is 1.45. The average Bonchev–Trinajstić information content (AvgIpc) is 3.05. The van der Waals surface area contributed by atoms with Crippen molar-refractivity contribution in [3.8, 4) is 11.5 Å². The Bertz CT molecular complexity index is 1090. The lowest BCUT2D eigenvalue weighted by molar-refractivity contribution is -0.147. The van der Waals surface area contributed by atoms with Crippen LogP contribution >= 0.6 is 0 Å². The predicted molar refractivity (Wildman–Crippen MR) is 99.7 cm³/mol. The van der Waals surface area contributed by atoms with Crippen LogP contribution in [0.1, 0.15) is 18.3 Å². The van der Waals surface area contributed by atoms with Gasteiger partial charge in [-0.05, 0) is 31.2 Å². The van der Waals surface area contributed by atoms with Crippen LogP contribution in [0.3, 0.4) is 0 Å². The Morgan fingerprint density at radius 1 is 1.28 bits per heavy atom. The van der Waals surface area contributed by atoms with Crippen LogP contribution in [0.25, 0.3) is 11.0 Å². The zero-order chi connectivity index (χ0) is 21.2. The molecule has 7 nitrogen and oxygen atoms in total. The second kappa shape index (κ2) is 7.82. The number of nitrogens with zero attached hydrogens (tertiary/aromatic N) is 3. The van der Waals surface area contributed by atoms with Gasteiger partial charge in [0.15, 0.2) is 0 Å². The first-order chi connectivity index (χ1) is 13.7. The van der Waals surface area contributed by atoms with Gasteiger partial charge < -0.3 is 14.4 Å². The number of nitrogens with one attached hydrogen (secondary N) is 1. The molecule has 3 aromatic rings. The molecule has 0 bridgehead atoms. The van der Waals surface area contributed by atoms with Gasteiger partial charge in [-0.2, -0.15) is 18.3 Å². The van der Waals surface area contributed by atoms with Crippen molar-refractivity contribution in [1.82, 2.24) is 15.0 Å². The van der Waals surface area contributed by atoms with E-state index in [2.05, 4.69) is 15.5 Å². The Hall–Kier alpha value is -3.56. The molecule has 152 valence electrons. The van der Waals surface area contributed by atoms with E-state index in [1.54, 1.807) is 24.3 Å². The van der Waals surface area contributed by atoms with Crippen LogP contribution in [-0.4, -0.2) is 33.4 Å². The number of ether oxygens (including phenoxy) is 1. The summed E-state index contributed by atoms with van der Waals surface area (Å²) < 4.78 is 45.7. The lowest BCUT2D eigenvalue weighted by Crippen LogP contribution is -2.27. The first-order valence-electron chi connectivity index (χ1n) is 8.43. The minimum Gasteiger partial charge on any atom is -0.507 e. The van der Waals surface area contributed by atoms with Gasteiger partial charge in [0, 0.05) is 11.6 Å². The van der Waals surface area contributed by atoms with Crippen molar-refractivity contribution in [1.29, 1.82) is 0 Å². The van der Waals surface area contributed by atoms with Crippen LogP contribution < -0.4 is 10.2 Å². The van der Waals surface area contributed by atoms with Crippen molar-refractivity contribution in [2.45, 2.75) is 19.6 Å². The van der Waals surface area contributed by atoms with Crippen LogP contribution in [0.2, 0.25) is 0 Å². The Morgan fingerprint density at radius 3 is 2.66 bits per heavy atom. The van der Waals surface area contributed by atoms with Gasteiger partial charge in [-0.15, -0.1) is 0 Å². The van der Waals surface area contributed by atoms with E-state index in [4.69, 9.17) is 4.74 Å². The predicted octanol–water partition coefficient (Wildman–Crippen LogP) is 3.31. The first kappa shape index (κ1) is 20.2. The number of methoxy groups -OCH3 is 1. The molecule has 0 atom stereocenters. The topological polar surface area (TPSA) is 88.7 Å². The van der Waals surface area contributed by atoms with Crippen molar-refractivity contribution in [2.75, 3.05) is 7.11 Å². The highest BCUT2D eigenvalue weighted by molar-refractivity contribution is 6.01. The molecule has 1 aromatic heterocycles. The van der Waals surface area contributed by atoms with E-state index in [0.717, 1.165) is 4.57 Å². The van der Waals surface area contributed by atoms with Gasteiger partial charge in [0.2, 0.25) is 5.82 Å². The Balaban J connectivity index is 1.82. The van der Waals surface area contributed by atoms with Crippen molar-refractivity contribution >= 4 is 22.7 Å². The fourth-order valence-corrected chi connectivity index (χ4v) is 2.78. The number of phenols is 1. The number of rotatable bonds is 5. The molecule has 0 fully saturated rings. The molecule has 2 aromatic carbocycles. The lowest BCUT2D eigenvalue weighted by atomic mass is 10.1. The third-order valence-electron chi connectivity index (χ3n) is 4.15.